The lowest BCUT2D eigenvalue weighted by atomic mass is 9.83. The predicted octanol–water partition coefficient (Wildman–Crippen LogP) is 4.97. The fourth-order valence-corrected chi connectivity index (χ4v) is 4.06. The number of hydrogen-bond acceptors (Lipinski definition) is 6. The molecule has 152 valence electrons. The number of pyridine rings is 1. The first-order chi connectivity index (χ1) is 13.9. The first-order valence-electron chi connectivity index (χ1n) is 10.5. The largest absolute Gasteiger partial charge is 0.402 e. The van der Waals surface area contributed by atoms with Crippen LogP contribution in [0.1, 0.15) is 62.6 Å². The smallest absolute Gasteiger partial charge is 0.316 e. The molecule has 6 nitrogen and oxygen atoms in total. The number of anilines is 1. The summed E-state index contributed by atoms with van der Waals surface area (Å²) in [4.78, 5) is 4.99. The van der Waals surface area contributed by atoms with Gasteiger partial charge in [0, 0.05) is 12.0 Å². The summed E-state index contributed by atoms with van der Waals surface area (Å²) >= 11 is 0. The molecule has 0 spiro atoms. The van der Waals surface area contributed by atoms with Gasteiger partial charge in [-0.1, -0.05) is 31.9 Å². The molecule has 6 heteroatoms. The second-order valence-electron chi connectivity index (χ2n) is 9.43. The lowest BCUT2D eigenvalue weighted by Crippen LogP contribution is -2.18. The van der Waals surface area contributed by atoms with Crippen molar-refractivity contribution in [3.63, 3.8) is 0 Å². The van der Waals surface area contributed by atoms with Crippen molar-refractivity contribution in [2.45, 2.75) is 64.3 Å². The van der Waals surface area contributed by atoms with E-state index in [1.807, 2.05) is 0 Å². The van der Waals surface area contributed by atoms with Crippen LogP contribution < -0.4 is 5.32 Å². The van der Waals surface area contributed by atoms with E-state index in [1.54, 1.807) is 0 Å². The van der Waals surface area contributed by atoms with E-state index in [2.05, 4.69) is 61.4 Å². The van der Waals surface area contributed by atoms with Crippen LogP contribution in [0.15, 0.2) is 22.6 Å². The summed E-state index contributed by atoms with van der Waals surface area (Å²) < 4.78 is 11.3. The molecule has 3 aromatic rings. The molecular weight excluding hydrogens is 364 g/mol. The molecule has 1 atom stereocenters. The summed E-state index contributed by atoms with van der Waals surface area (Å²) in [7, 11) is 0. The molecule has 2 fully saturated rings. The first kappa shape index (κ1) is 18.6. The molecule has 1 N–H and O–H groups in total. The number of aryl methyl sites for hydroxylation is 1. The zero-order valence-electron chi connectivity index (χ0n) is 17.6. The molecule has 0 bridgehead atoms. The van der Waals surface area contributed by atoms with Crippen LogP contribution in [0.3, 0.4) is 0 Å². The summed E-state index contributed by atoms with van der Waals surface area (Å²) in [5, 5.41) is 12.9. The fourth-order valence-electron chi connectivity index (χ4n) is 4.06. The maximum atomic E-state index is 5.88. The molecule has 2 aromatic heterocycles. The van der Waals surface area contributed by atoms with Crippen molar-refractivity contribution in [2.75, 3.05) is 18.5 Å². The number of ether oxygens (including phenoxy) is 1. The van der Waals surface area contributed by atoms with Gasteiger partial charge in [0.15, 0.2) is 0 Å². The summed E-state index contributed by atoms with van der Waals surface area (Å²) in [6.45, 7) is 10.3. The predicted molar refractivity (Wildman–Crippen MR) is 113 cm³/mol. The Kier molecular flexibility index (Phi) is 4.35. The molecular formula is C23H28N4O2. The quantitative estimate of drug-likeness (QED) is 0.676. The molecule has 1 aromatic carbocycles. The van der Waals surface area contributed by atoms with Crippen LogP contribution in [0, 0.1) is 6.92 Å². The highest BCUT2D eigenvalue weighted by Gasteiger charge is 2.28. The van der Waals surface area contributed by atoms with Crippen LogP contribution in [0.5, 0.6) is 0 Å². The molecule has 1 aliphatic heterocycles. The van der Waals surface area contributed by atoms with Crippen molar-refractivity contribution in [1.82, 2.24) is 15.2 Å². The van der Waals surface area contributed by atoms with Crippen LogP contribution in [0.4, 0.5) is 6.01 Å². The summed E-state index contributed by atoms with van der Waals surface area (Å²) in [6.07, 6.45) is 3.54. The minimum Gasteiger partial charge on any atom is -0.402 e. The fraction of sp³-hybridized carbons (Fsp3) is 0.522. The molecule has 5 rings (SSSR count). The van der Waals surface area contributed by atoms with Gasteiger partial charge >= 0.3 is 6.01 Å². The Morgan fingerprint density at radius 3 is 2.59 bits per heavy atom. The highest BCUT2D eigenvalue weighted by Crippen LogP contribution is 2.44. The summed E-state index contributed by atoms with van der Waals surface area (Å²) in [5.74, 6) is 1.16. The minimum absolute atomic E-state index is 0.00520. The van der Waals surface area contributed by atoms with Gasteiger partial charge in [0.2, 0.25) is 0 Å². The van der Waals surface area contributed by atoms with Crippen molar-refractivity contribution in [3.8, 4) is 11.6 Å². The number of aromatic nitrogens is 3. The second kappa shape index (κ2) is 6.80. The Hall–Kier alpha value is -2.47. The topological polar surface area (TPSA) is 73.1 Å². The van der Waals surface area contributed by atoms with Crippen molar-refractivity contribution in [1.29, 1.82) is 0 Å². The Balaban J connectivity index is 1.57. The van der Waals surface area contributed by atoms with E-state index in [4.69, 9.17) is 14.1 Å². The Bertz CT molecular complexity index is 1060. The number of rotatable bonds is 4. The number of nitrogens with one attached hydrogen (secondary N) is 1. The van der Waals surface area contributed by atoms with Gasteiger partial charge in [0.1, 0.15) is 5.69 Å². The van der Waals surface area contributed by atoms with Crippen molar-refractivity contribution < 1.29 is 9.15 Å². The Morgan fingerprint density at radius 1 is 1.07 bits per heavy atom. The van der Waals surface area contributed by atoms with Gasteiger partial charge in [-0.05, 0) is 66.3 Å². The average molecular weight is 393 g/mol. The molecule has 1 aliphatic carbocycles. The van der Waals surface area contributed by atoms with Gasteiger partial charge in [0.05, 0.1) is 18.2 Å². The standard InChI is InChI=1S/C23H28N4O2/c1-13-9-19(21-26-27-22(29-21)24-16-7-8-28-12-16)25-20-17(13)10-15(14-5-6-14)11-18(20)23(2,3)4/h9-11,14,16H,5-8,12H2,1-4H3,(H,24,27)/t16-/m1/s1. The number of benzene rings is 1. The number of fused-ring (bicyclic) bond motifs is 1. The van der Waals surface area contributed by atoms with Crippen LogP contribution in [-0.2, 0) is 10.2 Å². The molecule has 2 aliphatic rings. The third-order valence-corrected chi connectivity index (χ3v) is 5.90. The highest BCUT2D eigenvalue weighted by molar-refractivity contribution is 5.88. The van der Waals surface area contributed by atoms with Crippen LogP contribution in [0.2, 0.25) is 0 Å². The van der Waals surface area contributed by atoms with Gasteiger partial charge < -0.3 is 14.5 Å². The van der Waals surface area contributed by atoms with Gasteiger partial charge in [-0.15, -0.1) is 5.10 Å². The minimum atomic E-state index is 0.00520. The summed E-state index contributed by atoms with van der Waals surface area (Å²) in [6, 6.07) is 7.39. The SMILES string of the molecule is Cc1cc(-c2nnc(N[C@@H]3CCOC3)o2)nc2c(C(C)(C)C)cc(C3CC3)cc12. The molecule has 1 saturated carbocycles. The normalized spacial score (nSPS) is 19.8. The molecule has 3 heterocycles. The molecule has 0 amide bonds. The van der Waals surface area contributed by atoms with E-state index >= 15 is 0 Å². The lowest BCUT2D eigenvalue weighted by molar-refractivity contribution is 0.195. The highest BCUT2D eigenvalue weighted by atomic mass is 16.5. The summed E-state index contributed by atoms with van der Waals surface area (Å²) in [5.41, 5.74) is 5.68. The monoisotopic (exact) mass is 392 g/mol. The third-order valence-electron chi connectivity index (χ3n) is 5.90. The van der Waals surface area contributed by atoms with Crippen molar-refractivity contribution in [3.05, 3.63) is 34.9 Å². The Morgan fingerprint density at radius 2 is 1.90 bits per heavy atom. The molecule has 1 saturated heterocycles. The average Bonchev–Trinajstić information content (AvgIpc) is 3.20. The van der Waals surface area contributed by atoms with E-state index in [9.17, 15) is 0 Å². The van der Waals surface area contributed by atoms with E-state index in [0.29, 0.717) is 24.4 Å². The van der Waals surface area contributed by atoms with Gasteiger partial charge in [0.25, 0.3) is 5.89 Å². The van der Waals surface area contributed by atoms with E-state index in [0.717, 1.165) is 24.2 Å². The maximum Gasteiger partial charge on any atom is 0.316 e. The van der Waals surface area contributed by atoms with E-state index < -0.39 is 0 Å². The molecule has 0 radical (unpaired) electrons. The maximum absolute atomic E-state index is 5.88. The van der Waals surface area contributed by atoms with Crippen molar-refractivity contribution in [2.24, 2.45) is 0 Å². The zero-order chi connectivity index (χ0) is 20.2. The lowest BCUT2D eigenvalue weighted by Gasteiger charge is -2.23. The van der Waals surface area contributed by atoms with Gasteiger partial charge in [-0.2, -0.15) is 0 Å². The number of hydrogen-bond donors (Lipinski definition) is 1. The zero-order valence-corrected chi connectivity index (χ0v) is 17.6. The van der Waals surface area contributed by atoms with Crippen LogP contribution >= 0.6 is 0 Å². The van der Waals surface area contributed by atoms with E-state index in [-0.39, 0.29) is 11.5 Å². The molecule has 0 unspecified atom stereocenters. The van der Waals surface area contributed by atoms with E-state index in [1.165, 1.54) is 34.9 Å². The first-order valence-corrected chi connectivity index (χ1v) is 10.5. The second-order valence-corrected chi connectivity index (χ2v) is 9.43. The van der Waals surface area contributed by atoms with Crippen LogP contribution in [-0.4, -0.2) is 34.4 Å². The Labute approximate surface area is 171 Å². The van der Waals surface area contributed by atoms with Crippen molar-refractivity contribution >= 4 is 16.9 Å². The molecule has 29 heavy (non-hydrogen) atoms. The third kappa shape index (κ3) is 3.62. The van der Waals surface area contributed by atoms with Gasteiger partial charge in [-0.3, -0.25) is 0 Å². The van der Waals surface area contributed by atoms with Gasteiger partial charge in [-0.25, -0.2) is 4.98 Å². The van der Waals surface area contributed by atoms with Crippen LogP contribution in [0.25, 0.3) is 22.5 Å². The number of nitrogens with zero attached hydrogens (tertiary/aromatic N) is 3.